The third-order valence-electron chi connectivity index (χ3n) is 2.93. The van der Waals surface area contributed by atoms with Gasteiger partial charge in [-0.1, -0.05) is 0 Å². The summed E-state index contributed by atoms with van der Waals surface area (Å²) in [4.78, 5) is -0.579. The molecule has 0 amide bonds. The molecule has 0 aromatic heterocycles. The minimum atomic E-state index is -4.34. The van der Waals surface area contributed by atoms with Crippen molar-refractivity contribution in [1.29, 1.82) is 0 Å². The smallest absolute Gasteiger partial charge is 0.387 e. The lowest BCUT2D eigenvalue weighted by Crippen LogP contribution is -2.20. The van der Waals surface area contributed by atoms with Gasteiger partial charge >= 0.3 is 24.3 Å². The van der Waals surface area contributed by atoms with E-state index in [1.165, 1.54) is 13.0 Å². The summed E-state index contributed by atoms with van der Waals surface area (Å²) < 4.78 is 82.4. The summed E-state index contributed by atoms with van der Waals surface area (Å²) in [5, 5.41) is -0.0943. The standard InChI is InChI=1S/C15H23F2O7PS/c1-9(2)23-25(18,24-10(3)4)12-7-11(5)14(26(19,20)21-6)13(8-12)22-15(16)17/h7-10,15H,1-6H3. The molecule has 0 N–H and O–H groups in total. The van der Waals surface area contributed by atoms with Gasteiger partial charge in [-0.3, -0.25) is 8.75 Å². The summed E-state index contributed by atoms with van der Waals surface area (Å²) >= 11 is 0. The highest BCUT2D eigenvalue weighted by atomic mass is 32.2. The Morgan fingerprint density at radius 3 is 1.92 bits per heavy atom. The van der Waals surface area contributed by atoms with E-state index in [2.05, 4.69) is 8.92 Å². The van der Waals surface area contributed by atoms with Gasteiger partial charge in [-0.15, -0.1) is 0 Å². The van der Waals surface area contributed by atoms with Gasteiger partial charge in [-0.05, 0) is 52.3 Å². The van der Waals surface area contributed by atoms with Gasteiger partial charge in [0.15, 0.2) is 0 Å². The summed E-state index contributed by atoms with van der Waals surface area (Å²) in [6.07, 6.45) is -0.997. The van der Waals surface area contributed by atoms with Crippen LogP contribution in [-0.2, 0) is 27.9 Å². The number of benzene rings is 1. The van der Waals surface area contributed by atoms with Crippen LogP contribution in [0.4, 0.5) is 8.78 Å². The van der Waals surface area contributed by atoms with E-state index in [1.54, 1.807) is 27.7 Å². The van der Waals surface area contributed by atoms with Crippen molar-refractivity contribution < 1.29 is 39.7 Å². The first kappa shape index (κ1) is 23.0. The highest BCUT2D eigenvalue weighted by molar-refractivity contribution is 7.87. The Morgan fingerprint density at radius 2 is 1.54 bits per heavy atom. The maximum absolute atomic E-state index is 13.2. The molecule has 1 aromatic carbocycles. The molecule has 0 atom stereocenters. The SMILES string of the molecule is COS(=O)(=O)c1c(C)cc(P(=O)(OC(C)C)OC(C)C)cc1OC(F)F. The maximum atomic E-state index is 13.2. The number of hydrogen-bond donors (Lipinski definition) is 0. The first-order valence-electron chi connectivity index (χ1n) is 7.70. The van der Waals surface area contributed by atoms with Crippen molar-refractivity contribution >= 4 is 23.0 Å². The third kappa shape index (κ3) is 5.72. The van der Waals surface area contributed by atoms with Gasteiger partial charge in [-0.25, -0.2) is 0 Å². The third-order valence-corrected chi connectivity index (χ3v) is 6.68. The fourth-order valence-corrected chi connectivity index (χ4v) is 5.17. The topological polar surface area (TPSA) is 88.1 Å². The summed E-state index contributed by atoms with van der Waals surface area (Å²) in [7, 11) is -7.37. The van der Waals surface area contributed by atoms with Gasteiger partial charge in [0.05, 0.1) is 24.6 Å². The van der Waals surface area contributed by atoms with E-state index in [0.29, 0.717) is 0 Å². The Hall–Kier alpha value is -1.06. The van der Waals surface area contributed by atoms with Crippen molar-refractivity contribution in [2.24, 2.45) is 0 Å². The van der Waals surface area contributed by atoms with Crippen LogP contribution in [0.2, 0.25) is 0 Å². The molecule has 26 heavy (non-hydrogen) atoms. The van der Waals surface area contributed by atoms with E-state index >= 15 is 0 Å². The van der Waals surface area contributed by atoms with Crippen LogP contribution >= 0.6 is 7.60 Å². The van der Waals surface area contributed by atoms with E-state index in [1.807, 2.05) is 0 Å². The normalized spacial score (nSPS) is 13.0. The molecule has 0 aliphatic rings. The molecule has 0 fully saturated rings. The minimum Gasteiger partial charge on any atom is -0.433 e. The quantitative estimate of drug-likeness (QED) is 0.449. The molecule has 0 aliphatic carbocycles. The van der Waals surface area contributed by atoms with Gasteiger partial charge < -0.3 is 13.8 Å². The van der Waals surface area contributed by atoms with Gasteiger partial charge in [-0.2, -0.15) is 17.2 Å². The number of rotatable bonds is 9. The van der Waals surface area contributed by atoms with Crippen molar-refractivity contribution in [2.75, 3.05) is 7.11 Å². The maximum Gasteiger partial charge on any atom is 0.387 e. The molecule has 11 heteroatoms. The molecule has 1 rings (SSSR count). The van der Waals surface area contributed by atoms with Crippen LogP contribution < -0.4 is 10.0 Å². The molecule has 0 saturated carbocycles. The minimum absolute atomic E-state index is 0.0000581. The summed E-state index contributed by atoms with van der Waals surface area (Å²) in [5.74, 6) is -0.697. The predicted molar refractivity (Wildman–Crippen MR) is 91.7 cm³/mol. The molecule has 0 aliphatic heterocycles. The first-order valence-corrected chi connectivity index (χ1v) is 10.6. The second-order valence-corrected chi connectivity index (χ2v) is 9.48. The molecule has 0 bridgehead atoms. The van der Waals surface area contributed by atoms with Gasteiger partial charge in [0.1, 0.15) is 10.6 Å². The van der Waals surface area contributed by atoms with Gasteiger partial charge in [0.25, 0.3) is 0 Å². The molecule has 0 radical (unpaired) electrons. The summed E-state index contributed by atoms with van der Waals surface area (Å²) in [6.45, 7) is 4.55. The van der Waals surface area contributed by atoms with E-state index in [0.717, 1.165) is 13.2 Å². The van der Waals surface area contributed by atoms with Crippen molar-refractivity contribution in [2.45, 2.75) is 58.3 Å². The summed E-state index contributed by atoms with van der Waals surface area (Å²) in [6, 6.07) is 2.15. The van der Waals surface area contributed by atoms with Crippen molar-refractivity contribution in [3.8, 4) is 5.75 Å². The highest BCUT2D eigenvalue weighted by Gasteiger charge is 2.34. The monoisotopic (exact) mass is 416 g/mol. The fraction of sp³-hybridized carbons (Fsp3) is 0.600. The Kier molecular flexibility index (Phi) is 7.74. The molecule has 0 heterocycles. The average molecular weight is 416 g/mol. The molecule has 0 saturated heterocycles. The Balaban J connectivity index is 3.68. The zero-order valence-electron chi connectivity index (χ0n) is 15.4. The molecular weight excluding hydrogens is 393 g/mol. The number of alkyl halides is 2. The molecule has 0 unspecified atom stereocenters. The number of aryl methyl sites for hydroxylation is 1. The van der Waals surface area contributed by atoms with Crippen LogP contribution in [-0.4, -0.2) is 34.3 Å². The molecule has 1 aromatic rings. The van der Waals surface area contributed by atoms with E-state index in [9.17, 15) is 21.8 Å². The lowest BCUT2D eigenvalue weighted by atomic mass is 10.2. The Bertz CT molecular complexity index is 764. The average Bonchev–Trinajstić information content (AvgIpc) is 2.43. The van der Waals surface area contributed by atoms with Crippen LogP contribution in [0.1, 0.15) is 33.3 Å². The second kappa shape index (κ2) is 8.75. The van der Waals surface area contributed by atoms with Crippen LogP contribution in [0.5, 0.6) is 5.75 Å². The van der Waals surface area contributed by atoms with E-state index in [4.69, 9.17) is 9.05 Å². The van der Waals surface area contributed by atoms with Crippen LogP contribution in [0, 0.1) is 6.92 Å². The van der Waals surface area contributed by atoms with E-state index < -0.39 is 47.2 Å². The fourth-order valence-electron chi connectivity index (χ4n) is 2.17. The van der Waals surface area contributed by atoms with Crippen molar-refractivity contribution in [3.63, 3.8) is 0 Å². The zero-order valence-corrected chi connectivity index (χ0v) is 17.1. The van der Waals surface area contributed by atoms with Crippen LogP contribution in [0.25, 0.3) is 0 Å². The Morgan fingerprint density at radius 1 is 1.04 bits per heavy atom. The van der Waals surface area contributed by atoms with E-state index in [-0.39, 0.29) is 10.9 Å². The molecule has 150 valence electrons. The molecular formula is C15H23F2O7PS. The summed E-state index contributed by atoms with van der Waals surface area (Å²) in [5.41, 5.74) is -0.0000581. The number of hydrogen-bond acceptors (Lipinski definition) is 7. The van der Waals surface area contributed by atoms with Crippen LogP contribution in [0.3, 0.4) is 0 Å². The number of halogens is 2. The lowest BCUT2D eigenvalue weighted by molar-refractivity contribution is -0.0518. The molecule has 7 nitrogen and oxygen atoms in total. The van der Waals surface area contributed by atoms with Gasteiger partial charge in [0, 0.05) is 0 Å². The predicted octanol–water partition coefficient (Wildman–Crippen LogP) is 3.60. The van der Waals surface area contributed by atoms with Crippen molar-refractivity contribution in [3.05, 3.63) is 17.7 Å². The second-order valence-electron chi connectivity index (χ2n) is 5.90. The van der Waals surface area contributed by atoms with Crippen LogP contribution in [0.15, 0.2) is 17.0 Å². The Labute approximate surface area is 152 Å². The number of ether oxygens (including phenoxy) is 1. The first-order chi connectivity index (χ1) is 11.8. The molecule has 0 spiro atoms. The lowest BCUT2D eigenvalue weighted by Gasteiger charge is -2.24. The largest absolute Gasteiger partial charge is 0.433 e. The van der Waals surface area contributed by atoms with Crippen molar-refractivity contribution in [1.82, 2.24) is 0 Å². The highest BCUT2D eigenvalue weighted by Crippen LogP contribution is 2.50. The van der Waals surface area contributed by atoms with Gasteiger partial charge in [0.2, 0.25) is 0 Å². The zero-order chi connectivity index (χ0) is 20.3.